The highest BCUT2D eigenvalue weighted by molar-refractivity contribution is 7.80. The lowest BCUT2D eigenvalue weighted by molar-refractivity contribution is -0.890. The van der Waals surface area contributed by atoms with Crippen molar-refractivity contribution >= 4 is 34.6 Å². The average Bonchev–Trinajstić information content (AvgIpc) is 2.55. The van der Waals surface area contributed by atoms with E-state index in [-0.39, 0.29) is 6.04 Å². The number of thiocarbonyl (C=S) groups is 1. The van der Waals surface area contributed by atoms with E-state index < -0.39 is 0 Å². The number of halogens is 1. The van der Waals surface area contributed by atoms with Crippen LogP contribution in [0.2, 0.25) is 5.02 Å². The van der Waals surface area contributed by atoms with Gasteiger partial charge in [0.05, 0.1) is 33.3 Å². The van der Waals surface area contributed by atoms with Crippen LogP contribution in [0.15, 0.2) is 48.5 Å². The lowest BCUT2D eigenvalue weighted by Gasteiger charge is -2.24. The van der Waals surface area contributed by atoms with Crippen molar-refractivity contribution in [1.29, 1.82) is 0 Å². The summed E-state index contributed by atoms with van der Waals surface area (Å²) in [4.78, 5) is 1.29. The largest absolute Gasteiger partial charge is 0.496 e. The predicted octanol–water partition coefficient (Wildman–Crippen LogP) is 2.52. The SMILES string of the molecule is COc1ccccc1[C@@H](CNC(=S)Nc1cccc(Cl)c1)[NH+](C)C. The summed E-state index contributed by atoms with van der Waals surface area (Å²) in [7, 11) is 5.93. The van der Waals surface area contributed by atoms with Gasteiger partial charge in [-0.2, -0.15) is 0 Å². The number of methoxy groups -OCH3 is 1. The minimum atomic E-state index is 0.209. The molecule has 0 unspecified atom stereocenters. The third-order valence-corrected chi connectivity index (χ3v) is 4.24. The smallest absolute Gasteiger partial charge is 0.171 e. The second kappa shape index (κ2) is 8.87. The number of rotatable bonds is 6. The van der Waals surface area contributed by atoms with E-state index in [1.807, 2.05) is 42.5 Å². The van der Waals surface area contributed by atoms with Crippen LogP contribution in [0.25, 0.3) is 0 Å². The van der Waals surface area contributed by atoms with Crippen LogP contribution < -0.4 is 20.3 Å². The molecule has 24 heavy (non-hydrogen) atoms. The Labute approximate surface area is 153 Å². The van der Waals surface area contributed by atoms with Gasteiger partial charge in [0.25, 0.3) is 0 Å². The third kappa shape index (κ3) is 5.09. The molecular weight excluding hydrogens is 342 g/mol. The van der Waals surface area contributed by atoms with Crippen LogP contribution in [0, 0.1) is 0 Å². The topological polar surface area (TPSA) is 37.7 Å². The fourth-order valence-electron chi connectivity index (χ4n) is 2.52. The molecule has 0 aliphatic carbocycles. The monoisotopic (exact) mass is 364 g/mol. The van der Waals surface area contributed by atoms with Crippen LogP contribution in [0.3, 0.4) is 0 Å². The van der Waals surface area contributed by atoms with Gasteiger partial charge in [0, 0.05) is 10.7 Å². The van der Waals surface area contributed by atoms with E-state index in [9.17, 15) is 0 Å². The van der Waals surface area contributed by atoms with Gasteiger partial charge in [-0.25, -0.2) is 0 Å². The average molecular weight is 365 g/mol. The lowest BCUT2D eigenvalue weighted by atomic mass is 10.0. The van der Waals surface area contributed by atoms with E-state index in [0.717, 1.165) is 17.0 Å². The van der Waals surface area contributed by atoms with Gasteiger partial charge in [-0.15, -0.1) is 0 Å². The zero-order chi connectivity index (χ0) is 17.5. The van der Waals surface area contributed by atoms with Crippen molar-refractivity contribution in [2.75, 3.05) is 33.1 Å². The highest BCUT2D eigenvalue weighted by atomic mass is 35.5. The molecule has 0 saturated heterocycles. The van der Waals surface area contributed by atoms with Crippen LogP contribution in [0.4, 0.5) is 5.69 Å². The van der Waals surface area contributed by atoms with Gasteiger partial charge in [0.15, 0.2) is 5.11 Å². The zero-order valence-corrected chi connectivity index (χ0v) is 15.7. The molecule has 6 heteroatoms. The van der Waals surface area contributed by atoms with Crippen molar-refractivity contribution < 1.29 is 9.64 Å². The maximum atomic E-state index is 5.99. The van der Waals surface area contributed by atoms with Gasteiger partial charge >= 0.3 is 0 Å². The zero-order valence-electron chi connectivity index (χ0n) is 14.1. The summed E-state index contributed by atoms with van der Waals surface area (Å²) in [6.45, 7) is 0.690. The molecule has 1 atom stereocenters. The Bertz CT molecular complexity index is 693. The number of nitrogens with one attached hydrogen (secondary N) is 3. The molecule has 0 saturated carbocycles. The Morgan fingerprint density at radius 2 is 1.96 bits per heavy atom. The Hall–Kier alpha value is -1.82. The molecule has 0 radical (unpaired) electrons. The molecule has 0 fully saturated rings. The van der Waals surface area contributed by atoms with Gasteiger partial charge in [-0.1, -0.05) is 29.8 Å². The molecule has 4 nitrogen and oxygen atoms in total. The second-order valence-corrected chi connectivity index (χ2v) is 6.56. The van der Waals surface area contributed by atoms with Crippen LogP contribution in [-0.4, -0.2) is 32.9 Å². The summed E-state index contributed by atoms with van der Waals surface area (Å²) in [6.07, 6.45) is 0. The highest BCUT2D eigenvalue weighted by Crippen LogP contribution is 2.22. The van der Waals surface area contributed by atoms with Crippen LogP contribution >= 0.6 is 23.8 Å². The molecule has 0 spiro atoms. The summed E-state index contributed by atoms with van der Waals surface area (Å²) in [6, 6.07) is 15.8. The minimum Gasteiger partial charge on any atom is -0.496 e. The van der Waals surface area contributed by atoms with Crippen LogP contribution in [0.1, 0.15) is 11.6 Å². The quantitative estimate of drug-likeness (QED) is 0.689. The molecule has 0 aliphatic rings. The fraction of sp³-hybridized carbons (Fsp3) is 0.278. The van der Waals surface area contributed by atoms with Crippen LogP contribution in [-0.2, 0) is 0 Å². The second-order valence-electron chi connectivity index (χ2n) is 5.72. The van der Waals surface area contributed by atoms with Gasteiger partial charge in [-0.3, -0.25) is 0 Å². The summed E-state index contributed by atoms with van der Waals surface area (Å²) >= 11 is 11.4. The first-order valence-electron chi connectivity index (χ1n) is 7.74. The van der Waals surface area contributed by atoms with Gasteiger partial charge < -0.3 is 20.3 Å². The van der Waals surface area contributed by atoms with Gasteiger partial charge in [0.1, 0.15) is 11.8 Å². The molecule has 0 amide bonds. The number of hydrogen-bond acceptors (Lipinski definition) is 2. The molecule has 0 heterocycles. The molecular formula is C18H23ClN3OS+. The molecule has 2 aromatic rings. The van der Waals surface area contributed by atoms with E-state index >= 15 is 0 Å². The minimum absolute atomic E-state index is 0.209. The Morgan fingerprint density at radius 3 is 2.62 bits per heavy atom. The first-order chi connectivity index (χ1) is 11.5. The van der Waals surface area contributed by atoms with E-state index in [2.05, 4.69) is 30.8 Å². The normalized spacial score (nSPS) is 11.9. The molecule has 0 aromatic heterocycles. The summed E-state index contributed by atoms with van der Waals surface area (Å²) in [5.41, 5.74) is 2.02. The van der Waals surface area contributed by atoms with E-state index in [0.29, 0.717) is 16.7 Å². The predicted molar refractivity (Wildman–Crippen MR) is 104 cm³/mol. The van der Waals surface area contributed by atoms with Crippen molar-refractivity contribution in [3.05, 3.63) is 59.1 Å². The Morgan fingerprint density at radius 1 is 1.21 bits per heavy atom. The van der Waals surface area contributed by atoms with Crippen molar-refractivity contribution in [3.8, 4) is 5.75 Å². The molecule has 0 bridgehead atoms. The number of para-hydroxylation sites is 1. The molecule has 2 rings (SSSR count). The molecule has 0 aliphatic heterocycles. The van der Waals surface area contributed by atoms with E-state index in [4.69, 9.17) is 28.6 Å². The maximum Gasteiger partial charge on any atom is 0.171 e. The van der Waals surface area contributed by atoms with Crippen molar-refractivity contribution in [3.63, 3.8) is 0 Å². The van der Waals surface area contributed by atoms with Gasteiger partial charge in [0.2, 0.25) is 0 Å². The number of likely N-dealkylation sites (N-methyl/N-ethyl adjacent to an activating group) is 1. The number of quaternary nitrogens is 1. The van der Waals surface area contributed by atoms with E-state index in [1.165, 1.54) is 4.90 Å². The Kier molecular flexibility index (Phi) is 6.85. The molecule has 3 N–H and O–H groups in total. The lowest BCUT2D eigenvalue weighted by Crippen LogP contribution is -3.07. The third-order valence-electron chi connectivity index (χ3n) is 3.76. The summed E-state index contributed by atoms with van der Waals surface area (Å²) in [5.74, 6) is 0.888. The maximum absolute atomic E-state index is 5.99. The summed E-state index contributed by atoms with van der Waals surface area (Å²) < 4.78 is 5.49. The first kappa shape index (κ1) is 18.5. The highest BCUT2D eigenvalue weighted by Gasteiger charge is 2.21. The van der Waals surface area contributed by atoms with Crippen molar-refractivity contribution in [1.82, 2.24) is 5.32 Å². The number of benzene rings is 2. The molecule has 2 aromatic carbocycles. The fourth-order valence-corrected chi connectivity index (χ4v) is 2.91. The standard InChI is InChI=1S/C18H22ClN3OS/c1-22(2)16(15-9-4-5-10-17(15)23-3)12-20-18(24)21-14-8-6-7-13(19)11-14/h4-11,16H,12H2,1-3H3,(H2,20,21,24)/p+1/t16-/m1/s1. The number of anilines is 1. The summed E-state index contributed by atoms with van der Waals surface area (Å²) in [5, 5.41) is 7.68. The van der Waals surface area contributed by atoms with E-state index in [1.54, 1.807) is 7.11 Å². The van der Waals surface area contributed by atoms with Crippen molar-refractivity contribution in [2.24, 2.45) is 0 Å². The number of hydrogen-bond donors (Lipinski definition) is 3. The molecule has 128 valence electrons. The van der Waals surface area contributed by atoms with Crippen LogP contribution in [0.5, 0.6) is 5.75 Å². The first-order valence-corrected chi connectivity index (χ1v) is 8.53. The number of ether oxygens (including phenoxy) is 1. The van der Waals surface area contributed by atoms with Gasteiger partial charge in [-0.05, 0) is 42.5 Å². The Balaban J connectivity index is 2.02. The van der Waals surface area contributed by atoms with Crippen molar-refractivity contribution in [2.45, 2.75) is 6.04 Å².